The lowest BCUT2D eigenvalue weighted by Gasteiger charge is -2.34. The van der Waals surface area contributed by atoms with Crippen LogP contribution in [-0.2, 0) is 38.6 Å². The van der Waals surface area contributed by atoms with Crippen molar-refractivity contribution in [2.45, 2.75) is 58.1 Å². The molecule has 0 radical (unpaired) electrons. The number of aliphatic hydroxyl groups is 1. The molecule has 2 unspecified atom stereocenters. The van der Waals surface area contributed by atoms with Gasteiger partial charge in [-0.25, -0.2) is 4.79 Å². The minimum Gasteiger partial charge on any atom is -0.444 e. The smallest absolute Gasteiger partial charge is 0.410 e. The summed E-state index contributed by atoms with van der Waals surface area (Å²) < 4.78 is 11.0. The predicted octanol–water partition coefficient (Wildman–Crippen LogP) is 2.30. The summed E-state index contributed by atoms with van der Waals surface area (Å²) in [7, 11) is 1.72. The van der Waals surface area contributed by atoms with Crippen molar-refractivity contribution < 1.29 is 33.8 Å². The van der Waals surface area contributed by atoms with E-state index in [0.717, 1.165) is 16.7 Å². The van der Waals surface area contributed by atoms with Gasteiger partial charge in [0.25, 0.3) is 17.7 Å². The third-order valence-electron chi connectivity index (χ3n) is 7.20. The number of nitrogens with one attached hydrogen (secondary N) is 1. The zero-order valence-corrected chi connectivity index (χ0v) is 23.1. The first-order valence-electron chi connectivity index (χ1n) is 13.3. The molecular formula is C29H34N4O7. The Morgan fingerprint density at radius 3 is 2.55 bits per heavy atom. The molecule has 0 aliphatic carbocycles. The number of anilines is 2. The van der Waals surface area contributed by atoms with Gasteiger partial charge in [0.1, 0.15) is 5.60 Å². The summed E-state index contributed by atoms with van der Waals surface area (Å²) >= 11 is 0. The molecule has 11 heteroatoms. The van der Waals surface area contributed by atoms with Crippen LogP contribution in [0.25, 0.3) is 0 Å². The molecule has 40 heavy (non-hydrogen) atoms. The van der Waals surface area contributed by atoms with Crippen LogP contribution in [0.2, 0.25) is 0 Å². The Morgan fingerprint density at radius 2 is 1.80 bits per heavy atom. The largest absolute Gasteiger partial charge is 0.444 e. The van der Waals surface area contributed by atoms with E-state index in [4.69, 9.17) is 9.47 Å². The summed E-state index contributed by atoms with van der Waals surface area (Å²) in [5.74, 6) is -1.44. The van der Waals surface area contributed by atoms with E-state index in [1.807, 2.05) is 32.9 Å². The zero-order valence-electron chi connectivity index (χ0n) is 23.1. The van der Waals surface area contributed by atoms with E-state index in [2.05, 4.69) is 5.32 Å². The van der Waals surface area contributed by atoms with Gasteiger partial charge in [-0.15, -0.1) is 0 Å². The number of carbonyl (C=O) groups excluding carboxylic acids is 4. The lowest BCUT2D eigenvalue weighted by Crippen LogP contribution is -2.55. The van der Waals surface area contributed by atoms with Gasteiger partial charge >= 0.3 is 6.09 Å². The van der Waals surface area contributed by atoms with Crippen molar-refractivity contribution in [3.63, 3.8) is 0 Å². The maximum absolute atomic E-state index is 13.3. The van der Waals surface area contributed by atoms with Gasteiger partial charge in [0.15, 0.2) is 12.2 Å². The number of hydrogen-bond donors (Lipinski definition) is 2. The molecule has 2 N–H and O–H groups in total. The first-order valence-corrected chi connectivity index (χ1v) is 13.3. The van der Waals surface area contributed by atoms with Gasteiger partial charge in [0.2, 0.25) is 0 Å². The van der Waals surface area contributed by atoms with E-state index >= 15 is 0 Å². The van der Waals surface area contributed by atoms with Crippen molar-refractivity contribution in [3.8, 4) is 0 Å². The number of morpholine rings is 1. The van der Waals surface area contributed by atoms with E-state index < -0.39 is 29.6 Å². The fourth-order valence-corrected chi connectivity index (χ4v) is 5.16. The minimum atomic E-state index is -1.74. The summed E-state index contributed by atoms with van der Waals surface area (Å²) in [6.07, 6.45) is -2.92. The number of carbonyl (C=O) groups is 4. The molecule has 212 valence electrons. The third-order valence-corrected chi connectivity index (χ3v) is 7.20. The lowest BCUT2D eigenvalue weighted by atomic mass is 9.99. The maximum atomic E-state index is 13.3. The Hall–Kier alpha value is -3.96. The van der Waals surface area contributed by atoms with Crippen molar-refractivity contribution in [2.24, 2.45) is 0 Å². The number of amides is 4. The van der Waals surface area contributed by atoms with Crippen LogP contribution >= 0.6 is 0 Å². The Balaban J connectivity index is 1.23. The number of fused-ring (bicyclic) bond motifs is 2. The molecule has 1 saturated heterocycles. The highest BCUT2D eigenvalue weighted by Gasteiger charge is 2.40. The Morgan fingerprint density at radius 1 is 1.05 bits per heavy atom. The number of rotatable bonds is 4. The average Bonchev–Trinajstić information content (AvgIpc) is 3.19. The van der Waals surface area contributed by atoms with E-state index in [1.54, 1.807) is 41.1 Å². The van der Waals surface area contributed by atoms with E-state index in [1.165, 1.54) is 4.90 Å². The molecule has 2 atom stereocenters. The van der Waals surface area contributed by atoms with Crippen molar-refractivity contribution in [1.82, 2.24) is 9.80 Å². The first-order chi connectivity index (χ1) is 18.9. The predicted molar refractivity (Wildman–Crippen MR) is 146 cm³/mol. The molecule has 3 heterocycles. The van der Waals surface area contributed by atoms with Crippen LogP contribution in [0, 0.1) is 0 Å². The quantitative estimate of drug-likeness (QED) is 0.598. The molecule has 3 aliphatic heterocycles. The molecule has 1 fully saturated rings. The van der Waals surface area contributed by atoms with Crippen molar-refractivity contribution in [1.29, 1.82) is 0 Å². The molecule has 4 amide bonds. The van der Waals surface area contributed by atoms with Gasteiger partial charge in [-0.3, -0.25) is 14.4 Å². The Kier molecular flexibility index (Phi) is 7.28. The van der Waals surface area contributed by atoms with Crippen LogP contribution in [0.1, 0.15) is 47.8 Å². The highest BCUT2D eigenvalue weighted by atomic mass is 16.6. The topological polar surface area (TPSA) is 129 Å². The molecule has 0 bridgehead atoms. The fourth-order valence-electron chi connectivity index (χ4n) is 5.16. The second-order valence-corrected chi connectivity index (χ2v) is 11.4. The first kappa shape index (κ1) is 27.6. The van der Waals surface area contributed by atoms with Gasteiger partial charge in [-0.05, 0) is 68.1 Å². The summed E-state index contributed by atoms with van der Waals surface area (Å²) in [6, 6.07) is 10.6. The summed E-state index contributed by atoms with van der Waals surface area (Å²) in [4.78, 5) is 55.7. The highest BCUT2D eigenvalue weighted by molar-refractivity contribution is 6.05. The molecule has 0 spiro atoms. The van der Waals surface area contributed by atoms with Crippen molar-refractivity contribution in [2.75, 3.05) is 37.0 Å². The average molecular weight is 551 g/mol. The number of hydrogen-bond acceptors (Lipinski definition) is 7. The second-order valence-electron chi connectivity index (χ2n) is 11.4. The highest BCUT2D eigenvalue weighted by Crippen LogP contribution is 2.29. The standard InChI is InChI=1S/C29H34N4O7/c1-29(2,3)40-28(38)32-10-9-17-13-20(7-5-18(17)16-32)30-25(35)23(34)24-27(37)33(11-12-39-24)21-8-6-19-15-31(4)26(36)22(19)14-21/h5-8,13-14,23-24,34H,9-12,15-16H2,1-4H3,(H,30,35). The number of nitrogens with zero attached hydrogens (tertiary/aromatic N) is 3. The molecule has 3 aliphatic rings. The van der Waals surface area contributed by atoms with Crippen molar-refractivity contribution >= 4 is 35.2 Å². The molecule has 2 aromatic rings. The van der Waals surface area contributed by atoms with Gasteiger partial charge in [-0.1, -0.05) is 12.1 Å². The van der Waals surface area contributed by atoms with Crippen LogP contribution in [0.4, 0.5) is 16.2 Å². The Bertz CT molecular complexity index is 1370. The monoisotopic (exact) mass is 550 g/mol. The number of aliphatic hydroxyl groups excluding tert-OH is 1. The molecule has 5 rings (SSSR count). The van der Waals surface area contributed by atoms with Gasteiger partial charge < -0.3 is 34.6 Å². The van der Waals surface area contributed by atoms with E-state index in [9.17, 15) is 24.3 Å². The van der Waals surface area contributed by atoms with Crippen LogP contribution < -0.4 is 10.2 Å². The van der Waals surface area contributed by atoms with Crippen LogP contribution in [0.15, 0.2) is 36.4 Å². The number of benzene rings is 2. The molecule has 0 saturated carbocycles. The van der Waals surface area contributed by atoms with Gasteiger partial charge in [-0.2, -0.15) is 0 Å². The second kappa shape index (κ2) is 10.5. The Labute approximate surface area is 232 Å². The summed E-state index contributed by atoms with van der Waals surface area (Å²) in [5.41, 5.74) is 3.74. The number of ether oxygens (including phenoxy) is 2. The van der Waals surface area contributed by atoms with Crippen LogP contribution in [-0.4, -0.2) is 83.3 Å². The maximum Gasteiger partial charge on any atom is 0.410 e. The van der Waals surface area contributed by atoms with E-state index in [-0.39, 0.29) is 25.2 Å². The van der Waals surface area contributed by atoms with Crippen molar-refractivity contribution in [3.05, 3.63) is 58.7 Å². The summed E-state index contributed by atoms with van der Waals surface area (Å²) in [6.45, 7) is 7.21. The minimum absolute atomic E-state index is 0.115. The normalized spacial score (nSPS) is 19.7. The molecular weight excluding hydrogens is 516 g/mol. The van der Waals surface area contributed by atoms with Crippen LogP contribution in [0.3, 0.4) is 0 Å². The van der Waals surface area contributed by atoms with E-state index in [0.29, 0.717) is 43.0 Å². The van der Waals surface area contributed by atoms with Gasteiger partial charge in [0.05, 0.1) is 6.61 Å². The zero-order chi connectivity index (χ0) is 28.8. The molecule has 2 aromatic carbocycles. The SMILES string of the molecule is CN1Cc2ccc(N3CCOC(C(O)C(=O)Nc4ccc5c(c4)CCN(C(=O)OC(C)(C)C)C5)C3=O)cc2C1=O. The van der Waals surface area contributed by atoms with Crippen LogP contribution in [0.5, 0.6) is 0 Å². The van der Waals surface area contributed by atoms with Gasteiger partial charge in [0, 0.05) is 50.2 Å². The third kappa shape index (κ3) is 5.52. The molecule has 11 nitrogen and oxygen atoms in total. The lowest BCUT2D eigenvalue weighted by molar-refractivity contribution is -0.150. The molecule has 0 aromatic heterocycles. The summed E-state index contributed by atoms with van der Waals surface area (Å²) in [5, 5.41) is 13.5. The fraction of sp³-hybridized carbons (Fsp3) is 0.448.